The normalized spacial score (nSPS) is 11.2. The molecule has 1 aromatic carbocycles. The standard InChI is InChI=1S/C16H15F3N2O2S/c1-2-10-24-15-13(4-3-9-20-15)14(22)21-11-5-7-12(8-6-11)23-16(17,18)19/h3-9H,2,10H2,1H3,(H,21,22). The molecule has 24 heavy (non-hydrogen) atoms. The zero-order valence-electron chi connectivity index (χ0n) is 12.8. The summed E-state index contributed by atoms with van der Waals surface area (Å²) in [7, 11) is 0. The van der Waals surface area contributed by atoms with Gasteiger partial charge in [-0.3, -0.25) is 4.79 Å². The zero-order valence-corrected chi connectivity index (χ0v) is 13.6. The van der Waals surface area contributed by atoms with Crippen LogP contribution >= 0.6 is 11.8 Å². The Labute approximate surface area is 141 Å². The van der Waals surface area contributed by atoms with E-state index in [2.05, 4.69) is 15.0 Å². The van der Waals surface area contributed by atoms with Crippen molar-refractivity contribution in [2.24, 2.45) is 0 Å². The Bertz CT molecular complexity index is 690. The summed E-state index contributed by atoms with van der Waals surface area (Å²) in [6, 6.07) is 8.27. The lowest BCUT2D eigenvalue weighted by molar-refractivity contribution is -0.274. The first kappa shape index (κ1) is 18.1. The molecule has 1 heterocycles. The third kappa shape index (κ3) is 5.45. The number of nitrogens with zero attached hydrogens (tertiary/aromatic N) is 1. The number of hydrogen-bond donors (Lipinski definition) is 1. The molecular weight excluding hydrogens is 341 g/mol. The van der Waals surface area contributed by atoms with E-state index in [9.17, 15) is 18.0 Å². The summed E-state index contributed by atoms with van der Waals surface area (Å²) in [5.41, 5.74) is 0.788. The monoisotopic (exact) mass is 356 g/mol. The molecule has 0 fully saturated rings. The summed E-state index contributed by atoms with van der Waals surface area (Å²) in [5, 5.41) is 3.26. The maximum absolute atomic E-state index is 12.3. The van der Waals surface area contributed by atoms with Crippen molar-refractivity contribution in [2.45, 2.75) is 24.7 Å². The van der Waals surface area contributed by atoms with Gasteiger partial charge >= 0.3 is 6.36 Å². The molecule has 2 rings (SSSR count). The first-order valence-corrected chi connectivity index (χ1v) is 8.12. The Morgan fingerprint density at radius 1 is 1.25 bits per heavy atom. The van der Waals surface area contributed by atoms with Gasteiger partial charge in [0, 0.05) is 11.9 Å². The van der Waals surface area contributed by atoms with Crippen molar-refractivity contribution in [1.29, 1.82) is 0 Å². The minimum Gasteiger partial charge on any atom is -0.406 e. The molecule has 0 radical (unpaired) electrons. The molecule has 128 valence electrons. The van der Waals surface area contributed by atoms with E-state index < -0.39 is 6.36 Å². The Morgan fingerprint density at radius 3 is 2.58 bits per heavy atom. The molecule has 4 nitrogen and oxygen atoms in total. The second kappa shape index (κ2) is 8.05. The van der Waals surface area contributed by atoms with Crippen molar-refractivity contribution in [3.05, 3.63) is 48.2 Å². The fourth-order valence-corrected chi connectivity index (χ4v) is 2.66. The highest BCUT2D eigenvalue weighted by Gasteiger charge is 2.30. The van der Waals surface area contributed by atoms with E-state index in [0.717, 1.165) is 24.3 Å². The summed E-state index contributed by atoms with van der Waals surface area (Å²) in [6.07, 6.45) is -2.19. The van der Waals surface area contributed by atoms with Gasteiger partial charge in [0.15, 0.2) is 0 Å². The second-order valence-corrected chi connectivity index (χ2v) is 5.81. The topological polar surface area (TPSA) is 51.2 Å². The van der Waals surface area contributed by atoms with Crippen molar-refractivity contribution in [3.8, 4) is 5.75 Å². The van der Waals surface area contributed by atoms with Gasteiger partial charge in [0.25, 0.3) is 5.91 Å². The van der Waals surface area contributed by atoms with E-state index >= 15 is 0 Å². The van der Waals surface area contributed by atoms with E-state index in [4.69, 9.17) is 0 Å². The molecule has 0 unspecified atom stereocenters. The summed E-state index contributed by atoms with van der Waals surface area (Å²) >= 11 is 1.48. The SMILES string of the molecule is CCCSc1ncccc1C(=O)Nc1ccc(OC(F)(F)F)cc1. The van der Waals surface area contributed by atoms with E-state index in [0.29, 0.717) is 16.3 Å². The number of ether oxygens (including phenoxy) is 1. The molecule has 0 bridgehead atoms. The summed E-state index contributed by atoms with van der Waals surface area (Å²) in [6.45, 7) is 2.03. The summed E-state index contributed by atoms with van der Waals surface area (Å²) < 4.78 is 40.1. The maximum atomic E-state index is 12.3. The molecule has 1 N–H and O–H groups in total. The predicted octanol–water partition coefficient (Wildman–Crippen LogP) is 4.73. The van der Waals surface area contributed by atoms with E-state index in [1.54, 1.807) is 18.3 Å². The molecule has 2 aromatic rings. The smallest absolute Gasteiger partial charge is 0.406 e. The Morgan fingerprint density at radius 2 is 1.96 bits per heavy atom. The maximum Gasteiger partial charge on any atom is 0.573 e. The van der Waals surface area contributed by atoms with E-state index in [1.807, 2.05) is 6.92 Å². The van der Waals surface area contributed by atoms with Crippen LogP contribution in [0.2, 0.25) is 0 Å². The van der Waals surface area contributed by atoms with E-state index in [1.165, 1.54) is 23.9 Å². The number of alkyl halides is 3. The second-order valence-electron chi connectivity index (χ2n) is 4.73. The van der Waals surface area contributed by atoms with Gasteiger partial charge in [-0.15, -0.1) is 24.9 Å². The third-order valence-corrected chi connectivity index (χ3v) is 4.02. The molecule has 0 spiro atoms. The first-order chi connectivity index (χ1) is 11.4. The molecule has 0 saturated heterocycles. The van der Waals surface area contributed by atoms with Crippen LogP contribution in [-0.2, 0) is 0 Å². The fourth-order valence-electron chi connectivity index (χ4n) is 1.82. The van der Waals surface area contributed by atoms with Gasteiger partial charge in [-0.1, -0.05) is 6.92 Å². The molecule has 1 amide bonds. The van der Waals surface area contributed by atoms with Gasteiger partial charge in [0.2, 0.25) is 0 Å². The molecule has 1 aromatic heterocycles. The zero-order chi connectivity index (χ0) is 17.6. The molecule has 0 aliphatic rings. The number of carbonyl (C=O) groups excluding carboxylic acids is 1. The minimum atomic E-state index is -4.74. The van der Waals surface area contributed by atoms with Crippen LogP contribution < -0.4 is 10.1 Å². The predicted molar refractivity (Wildman–Crippen MR) is 86.3 cm³/mol. The Kier molecular flexibility index (Phi) is 6.08. The number of carbonyl (C=O) groups is 1. The highest BCUT2D eigenvalue weighted by Crippen LogP contribution is 2.25. The highest BCUT2D eigenvalue weighted by atomic mass is 32.2. The van der Waals surface area contributed by atoms with Crippen molar-refractivity contribution >= 4 is 23.4 Å². The lowest BCUT2D eigenvalue weighted by Crippen LogP contribution is -2.17. The van der Waals surface area contributed by atoms with Crippen LogP contribution in [0.25, 0.3) is 0 Å². The van der Waals surface area contributed by atoms with Gasteiger partial charge in [-0.2, -0.15) is 0 Å². The van der Waals surface area contributed by atoms with Crippen LogP contribution in [0.5, 0.6) is 5.75 Å². The summed E-state index contributed by atoms with van der Waals surface area (Å²) in [4.78, 5) is 16.5. The van der Waals surface area contributed by atoms with Crippen molar-refractivity contribution in [3.63, 3.8) is 0 Å². The Balaban J connectivity index is 2.07. The lowest BCUT2D eigenvalue weighted by Gasteiger charge is -2.11. The van der Waals surface area contributed by atoms with Crippen LogP contribution in [0.1, 0.15) is 23.7 Å². The molecule has 8 heteroatoms. The van der Waals surface area contributed by atoms with Gasteiger partial charge in [0.1, 0.15) is 10.8 Å². The van der Waals surface area contributed by atoms with Crippen LogP contribution in [0.4, 0.5) is 18.9 Å². The van der Waals surface area contributed by atoms with Crippen LogP contribution in [0.3, 0.4) is 0 Å². The molecule has 0 saturated carbocycles. The number of halogens is 3. The number of aromatic nitrogens is 1. The molecule has 0 atom stereocenters. The van der Waals surface area contributed by atoms with Gasteiger partial charge in [-0.25, -0.2) is 4.98 Å². The minimum absolute atomic E-state index is 0.346. The third-order valence-electron chi connectivity index (χ3n) is 2.80. The number of nitrogens with one attached hydrogen (secondary N) is 1. The van der Waals surface area contributed by atoms with Crippen molar-refractivity contribution in [2.75, 3.05) is 11.1 Å². The summed E-state index contributed by atoms with van der Waals surface area (Å²) in [5.74, 6) is 0.119. The fraction of sp³-hybridized carbons (Fsp3) is 0.250. The number of rotatable bonds is 6. The average Bonchev–Trinajstić information content (AvgIpc) is 2.53. The average molecular weight is 356 g/mol. The number of amides is 1. The van der Waals surface area contributed by atoms with E-state index in [-0.39, 0.29) is 11.7 Å². The largest absolute Gasteiger partial charge is 0.573 e. The molecular formula is C16H15F3N2O2S. The first-order valence-electron chi connectivity index (χ1n) is 7.14. The van der Waals surface area contributed by atoms with Crippen molar-refractivity contribution < 1.29 is 22.7 Å². The van der Waals surface area contributed by atoms with Crippen molar-refractivity contribution in [1.82, 2.24) is 4.98 Å². The number of hydrogen-bond acceptors (Lipinski definition) is 4. The number of pyridine rings is 1. The molecule has 0 aliphatic heterocycles. The lowest BCUT2D eigenvalue weighted by atomic mass is 10.2. The highest BCUT2D eigenvalue weighted by molar-refractivity contribution is 7.99. The number of benzene rings is 1. The van der Waals surface area contributed by atoms with Gasteiger partial charge < -0.3 is 10.1 Å². The van der Waals surface area contributed by atoms with Gasteiger partial charge in [0.05, 0.1) is 5.56 Å². The number of anilines is 1. The van der Waals surface area contributed by atoms with Crippen LogP contribution in [0.15, 0.2) is 47.6 Å². The van der Waals surface area contributed by atoms with Gasteiger partial charge in [-0.05, 0) is 48.6 Å². The number of thioether (sulfide) groups is 1. The quantitative estimate of drug-likeness (QED) is 0.760. The molecule has 0 aliphatic carbocycles. The Hall–Kier alpha value is -2.22. The van der Waals surface area contributed by atoms with Crippen LogP contribution in [-0.4, -0.2) is 23.0 Å². The van der Waals surface area contributed by atoms with Crippen LogP contribution in [0, 0.1) is 0 Å².